The molecule has 1 fully saturated rings. The van der Waals surface area contributed by atoms with Crippen LogP contribution in [0.2, 0.25) is 0 Å². The first kappa shape index (κ1) is 13.5. The summed E-state index contributed by atoms with van der Waals surface area (Å²) in [7, 11) is 0. The maximum atomic E-state index is 11.9. The third-order valence-electron chi connectivity index (χ3n) is 3.49. The van der Waals surface area contributed by atoms with Crippen LogP contribution < -0.4 is 16.6 Å². The molecule has 2 heterocycles. The molecule has 2 N–H and O–H groups in total. The highest BCUT2D eigenvalue weighted by molar-refractivity contribution is 5.96. The molecule has 0 atom stereocenters. The Morgan fingerprint density at radius 3 is 2.90 bits per heavy atom. The van der Waals surface area contributed by atoms with Gasteiger partial charge in [0.05, 0.1) is 10.9 Å². The Morgan fingerprint density at radius 1 is 1.48 bits per heavy atom. The Hall–Kier alpha value is -2.44. The van der Waals surface area contributed by atoms with Crippen LogP contribution in [0.4, 0.5) is 0 Å². The molecule has 0 aliphatic heterocycles. The molecule has 0 saturated heterocycles. The van der Waals surface area contributed by atoms with Crippen LogP contribution in [0.25, 0.3) is 11.0 Å². The number of carbonyl (C=O) groups is 1. The van der Waals surface area contributed by atoms with Gasteiger partial charge in [0.1, 0.15) is 5.65 Å². The van der Waals surface area contributed by atoms with Crippen molar-refractivity contribution < 1.29 is 4.79 Å². The third kappa shape index (κ3) is 2.46. The monoisotopic (exact) mass is 288 g/mol. The fourth-order valence-electron chi connectivity index (χ4n) is 2.27. The van der Waals surface area contributed by atoms with Crippen LogP contribution >= 0.6 is 0 Å². The lowest BCUT2D eigenvalue weighted by molar-refractivity contribution is 0.0953. The normalized spacial score (nSPS) is 14.3. The van der Waals surface area contributed by atoms with Gasteiger partial charge in [0.25, 0.3) is 11.5 Å². The van der Waals surface area contributed by atoms with E-state index >= 15 is 0 Å². The molecular formula is C14H16N4O3. The van der Waals surface area contributed by atoms with Crippen molar-refractivity contribution in [2.45, 2.75) is 32.2 Å². The average molecular weight is 288 g/mol. The predicted octanol–water partition coefficient (Wildman–Crippen LogP) is 0.559. The zero-order valence-corrected chi connectivity index (χ0v) is 11.7. The first-order valence-electron chi connectivity index (χ1n) is 7.04. The topological polar surface area (TPSA) is 96.8 Å². The number of hydrogen-bond acceptors (Lipinski definition) is 4. The Balaban J connectivity index is 2.12. The highest BCUT2D eigenvalue weighted by Crippen LogP contribution is 2.34. The fraction of sp³-hybridized carbons (Fsp3) is 0.429. The van der Waals surface area contributed by atoms with E-state index in [9.17, 15) is 14.4 Å². The van der Waals surface area contributed by atoms with Crippen molar-refractivity contribution in [2.75, 3.05) is 6.54 Å². The van der Waals surface area contributed by atoms with E-state index in [-0.39, 0.29) is 17.3 Å². The number of nitrogens with one attached hydrogen (secondary N) is 2. The highest BCUT2D eigenvalue weighted by atomic mass is 16.2. The van der Waals surface area contributed by atoms with E-state index in [1.807, 2.05) is 6.92 Å². The summed E-state index contributed by atoms with van der Waals surface area (Å²) in [6.45, 7) is 2.52. The van der Waals surface area contributed by atoms with Gasteiger partial charge in [0.15, 0.2) is 0 Å². The number of aromatic amines is 1. The third-order valence-corrected chi connectivity index (χ3v) is 3.49. The zero-order chi connectivity index (χ0) is 15.0. The molecule has 0 radical (unpaired) electrons. The molecule has 110 valence electrons. The average Bonchev–Trinajstić information content (AvgIpc) is 3.29. The lowest BCUT2D eigenvalue weighted by Crippen LogP contribution is -2.31. The largest absolute Gasteiger partial charge is 0.352 e. The van der Waals surface area contributed by atoms with Crippen LogP contribution in [0.3, 0.4) is 0 Å². The molecule has 1 aliphatic rings. The first-order chi connectivity index (χ1) is 10.1. The number of aromatic nitrogens is 3. The summed E-state index contributed by atoms with van der Waals surface area (Å²) >= 11 is 0. The van der Waals surface area contributed by atoms with Crippen molar-refractivity contribution in [2.24, 2.45) is 0 Å². The molecule has 7 nitrogen and oxygen atoms in total. The molecule has 0 unspecified atom stereocenters. The van der Waals surface area contributed by atoms with E-state index in [0.29, 0.717) is 17.8 Å². The molecule has 1 amide bonds. The smallest absolute Gasteiger partial charge is 0.330 e. The molecule has 7 heteroatoms. The summed E-state index contributed by atoms with van der Waals surface area (Å²) in [4.78, 5) is 42.2. The SMILES string of the molecule is CCCNC(=O)c1cnc2c(c1)c(=O)[nH]c(=O)n2C1CC1. The number of H-pyrrole nitrogens is 1. The van der Waals surface area contributed by atoms with Crippen molar-refractivity contribution in [3.8, 4) is 0 Å². The molecule has 2 aromatic heterocycles. The lowest BCUT2D eigenvalue weighted by atomic mass is 10.2. The Kier molecular flexibility index (Phi) is 3.32. The molecule has 2 aromatic rings. The number of hydrogen-bond donors (Lipinski definition) is 2. The van der Waals surface area contributed by atoms with Gasteiger partial charge in [-0.1, -0.05) is 6.92 Å². The van der Waals surface area contributed by atoms with E-state index in [0.717, 1.165) is 19.3 Å². The van der Waals surface area contributed by atoms with Crippen molar-refractivity contribution in [3.63, 3.8) is 0 Å². The summed E-state index contributed by atoms with van der Waals surface area (Å²) in [5.74, 6) is -0.269. The molecule has 3 rings (SSSR count). The standard InChI is InChI=1S/C14H16N4O3/c1-2-5-15-12(19)8-6-10-11(16-7-8)18(9-3-4-9)14(21)17-13(10)20/h6-7,9H,2-5H2,1H3,(H,15,19)(H,17,20,21). The van der Waals surface area contributed by atoms with Crippen LogP contribution in [-0.4, -0.2) is 27.0 Å². The second-order valence-corrected chi connectivity index (χ2v) is 5.21. The maximum Gasteiger partial charge on any atom is 0.330 e. The van der Waals surface area contributed by atoms with Gasteiger partial charge in [-0.05, 0) is 25.3 Å². The number of amides is 1. The van der Waals surface area contributed by atoms with Crippen molar-refractivity contribution in [1.82, 2.24) is 19.9 Å². The number of nitrogens with zero attached hydrogens (tertiary/aromatic N) is 2. The minimum atomic E-state index is -0.510. The van der Waals surface area contributed by atoms with Gasteiger partial charge in [-0.15, -0.1) is 0 Å². The van der Waals surface area contributed by atoms with Gasteiger partial charge < -0.3 is 5.32 Å². The lowest BCUT2D eigenvalue weighted by Gasteiger charge is -2.08. The van der Waals surface area contributed by atoms with Gasteiger partial charge in [-0.25, -0.2) is 9.78 Å². The van der Waals surface area contributed by atoms with Crippen LogP contribution in [0.1, 0.15) is 42.6 Å². The summed E-state index contributed by atoms with van der Waals surface area (Å²) in [5.41, 5.74) is -0.282. The summed E-state index contributed by atoms with van der Waals surface area (Å²) in [6.07, 6.45) is 4.04. The van der Waals surface area contributed by atoms with E-state index in [1.54, 1.807) is 0 Å². The number of fused-ring (bicyclic) bond motifs is 1. The second-order valence-electron chi connectivity index (χ2n) is 5.21. The van der Waals surface area contributed by atoms with E-state index < -0.39 is 11.2 Å². The molecule has 1 saturated carbocycles. The van der Waals surface area contributed by atoms with Gasteiger partial charge >= 0.3 is 5.69 Å². The molecule has 0 aromatic carbocycles. The van der Waals surface area contributed by atoms with Crippen LogP contribution in [0, 0.1) is 0 Å². The number of carbonyl (C=O) groups excluding carboxylic acids is 1. The summed E-state index contributed by atoms with van der Waals surface area (Å²) < 4.78 is 1.50. The van der Waals surface area contributed by atoms with Gasteiger partial charge in [-0.3, -0.25) is 19.1 Å². The predicted molar refractivity (Wildman–Crippen MR) is 77.5 cm³/mol. The van der Waals surface area contributed by atoms with Crippen molar-refractivity contribution in [1.29, 1.82) is 0 Å². The van der Waals surface area contributed by atoms with E-state index in [2.05, 4.69) is 15.3 Å². The van der Waals surface area contributed by atoms with E-state index in [1.165, 1.54) is 16.8 Å². The second kappa shape index (κ2) is 5.16. The van der Waals surface area contributed by atoms with Crippen LogP contribution in [-0.2, 0) is 0 Å². The number of pyridine rings is 1. The van der Waals surface area contributed by atoms with Crippen LogP contribution in [0.15, 0.2) is 21.9 Å². The van der Waals surface area contributed by atoms with E-state index in [4.69, 9.17) is 0 Å². The molecule has 21 heavy (non-hydrogen) atoms. The quantitative estimate of drug-likeness (QED) is 0.859. The summed E-state index contributed by atoms with van der Waals surface area (Å²) in [5, 5.41) is 3.00. The molecule has 1 aliphatic carbocycles. The maximum absolute atomic E-state index is 11.9. The fourth-order valence-corrected chi connectivity index (χ4v) is 2.27. The van der Waals surface area contributed by atoms with Gasteiger partial charge in [0, 0.05) is 18.8 Å². The minimum Gasteiger partial charge on any atom is -0.352 e. The Labute approximate surface area is 120 Å². The van der Waals surface area contributed by atoms with Gasteiger partial charge in [0.2, 0.25) is 0 Å². The summed E-state index contributed by atoms with van der Waals surface area (Å²) in [6, 6.07) is 1.59. The molecule has 0 spiro atoms. The van der Waals surface area contributed by atoms with Gasteiger partial charge in [-0.2, -0.15) is 0 Å². The minimum absolute atomic E-state index is 0.101. The zero-order valence-electron chi connectivity index (χ0n) is 11.7. The Morgan fingerprint density at radius 2 is 2.24 bits per heavy atom. The molecular weight excluding hydrogens is 272 g/mol. The van der Waals surface area contributed by atoms with Crippen LogP contribution in [0.5, 0.6) is 0 Å². The first-order valence-corrected chi connectivity index (χ1v) is 7.04. The molecule has 0 bridgehead atoms. The van der Waals surface area contributed by atoms with Crippen molar-refractivity contribution in [3.05, 3.63) is 38.7 Å². The number of rotatable bonds is 4. The van der Waals surface area contributed by atoms with Crippen molar-refractivity contribution >= 4 is 16.9 Å². The highest BCUT2D eigenvalue weighted by Gasteiger charge is 2.27. The Bertz CT molecular complexity index is 817.